The fraction of sp³-hybridized carbons (Fsp3) is 0.609. The Morgan fingerprint density at radius 3 is 2.64 bits per heavy atom. The van der Waals surface area contributed by atoms with Gasteiger partial charge in [-0.05, 0) is 37.0 Å². The van der Waals surface area contributed by atoms with Crippen LogP contribution in [-0.2, 0) is 20.9 Å². The Morgan fingerprint density at radius 1 is 1.24 bits per heavy atom. The molecular formula is C23H33N5O5. The number of urea groups is 1. The van der Waals surface area contributed by atoms with Gasteiger partial charge >= 0.3 is 6.03 Å². The van der Waals surface area contributed by atoms with E-state index < -0.39 is 12.2 Å². The van der Waals surface area contributed by atoms with Gasteiger partial charge in [-0.3, -0.25) is 9.59 Å². The van der Waals surface area contributed by atoms with E-state index in [0.717, 1.165) is 24.2 Å². The molecule has 33 heavy (non-hydrogen) atoms. The number of piperazine rings is 1. The van der Waals surface area contributed by atoms with Gasteiger partial charge in [0.15, 0.2) is 0 Å². The minimum atomic E-state index is -0.580. The SMILES string of the molecule is CC[C@H]1C(=O)N(CC2CCCO2)C[C@H]2N1C(=O)CN(C)N2C(=O)NCc1ccc(OC)cc1. The Morgan fingerprint density at radius 2 is 2.00 bits per heavy atom. The Labute approximate surface area is 194 Å². The van der Waals surface area contributed by atoms with E-state index in [9.17, 15) is 14.4 Å². The van der Waals surface area contributed by atoms with Crippen molar-refractivity contribution in [3.8, 4) is 5.75 Å². The maximum absolute atomic E-state index is 13.3. The molecule has 3 heterocycles. The molecule has 0 saturated carbocycles. The summed E-state index contributed by atoms with van der Waals surface area (Å²) < 4.78 is 10.9. The van der Waals surface area contributed by atoms with E-state index in [1.165, 1.54) is 0 Å². The van der Waals surface area contributed by atoms with Crippen molar-refractivity contribution in [1.29, 1.82) is 0 Å². The highest BCUT2D eigenvalue weighted by Gasteiger charge is 2.50. The monoisotopic (exact) mass is 459 g/mol. The number of methoxy groups -OCH3 is 1. The Kier molecular flexibility index (Phi) is 7.04. The number of hydrazine groups is 1. The lowest BCUT2D eigenvalue weighted by Crippen LogP contribution is -2.76. The van der Waals surface area contributed by atoms with Gasteiger partial charge in [0.1, 0.15) is 18.0 Å². The number of rotatable bonds is 6. The van der Waals surface area contributed by atoms with Crippen LogP contribution in [0.15, 0.2) is 24.3 Å². The van der Waals surface area contributed by atoms with E-state index in [1.807, 2.05) is 31.2 Å². The summed E-state index contributed by atoms with van der Waals surface area (Å²) in [5.74, 6) is 0.540. The number of benzene rings is 1. The molecule has 0 radical (unpaired) electrons. The number of carbonyl (C=O) groups excluding carboxylic acids is 3. The zero-order valence-corrected chi connectivity index (χ0v) is 19.5. The van der Waals surface area contributed by atoms with Crippen molar-refractivity contribution in [3.05, 3.63) is 29.8 Å². The van der Waals surface area contributed by atoms with Crippen LogP contribution in [0.4, 0.5) is 4.79 Å². The molecule has 0 aromatic heterocycles. The molecule has 3 aliphatic heterocycles. The third-order valence-corrected chi connectivity index (χ3v) is 6.59. The second-order valence-corrected chi connectivity index (χ2v) is 8.75. The van der Waals surface area contributed by atoms with E-state index in [-0.39, 0.29) is 37.0 Å². The molecule has 1 unspecified atom stereocenters. The van der Waals surface area contributed by atoms with Crippen LogP contribution in [0.2, 0.25) is 0 Å². The molecule has 3 fully saturated rings. The van der Waals surface area contributed by atoms with Crippen molar-refractivity contribution in [2.75, 3.05) is 40.4 Å². The van der Waals surface area contributed by atoms with Gasteiger partial charge < -0.3 is 24.6 Å². The van der Waals surface area contributed by atoms with Crippen LogP contribution in [0.5, 0.6) is 5.75 Å². The number of nitrogens with zero attached hydrogens (tertiary/aromatic N) is 4. The topological polar surface area (TPSA) is 94.7 Å². The average Bonchev–Trinajstić information content (AvgIpc) is 3.32. The number of hydrogen-bond acceptors (Lipinski definition) is 6. The van der Waals surface area contributed by atoms with Crippen LogP contribution in [0, 0.1) is 0 Å². The first-order valence-electron chi connectivity index (χ1n) is 11.6. The van der Waals surface area contributed by atoms with Gasteiger partial charge in [0.2, 0.25) is 11.8 Å². The first-order valence-corrected chi connectivity index (χ1v) is 11.6. The summed E-state index contributed by atoms with van der Waals surface area (Å²) in [6.45, 7) is 3.74. The summed E-state index contributed by atoms with van der Waals surface area (Å²) >= 11 is 0. The maximum atomic E-state index is 13.3. The van der Waals surface area contributed by atoms with Crippen molar-refractivity contribution >= 4 is 17.8 Å². The molecule has 4 rings (SSSR count). The summed E-state index contributed by atoms with van der Waals surface area (Å²) in [7, 11) is 3.33. The lowest BCUT2D eigenvalue weighted by Gasteiger charge is -2.54. The fourth-order valence-electron chi connectivity index (χ4n) is 4.89. The smallest absolute Gasteiger partial charge is 0.334 e. The van der Waals surface area contributed by atoms with Crippen LogP contribution in [0.25, 0.3) is 0 Å². The zero-order chi connectivity index (χ0) is 23.5. The Balaban J connectivity index is 1.51. The van der Waals surface area contributed by atoms with E-state index in [2.05, 4.69) is 5.32 Å². The first-order chi connectivity index (χ1) is 15.9. The van der Waals surface area contributed by atoms with Crippen LogP contribution in [0.3, 0.4) is 0 Å². The summed E-state index contributed by atoms with van der Waals surface area (Å²) in [6, 6.07) is 6.59. The van der Waals surface area contributed by atoms with Gasteiger partial charge in [-0.2, -0.15) is 0 Å². The molecule has 180 valence electrons. The summed E-state index contributed by atoms with van der Waals surface area (Å²) in [4.78, 5) is 42.8. The predicted octanol–water partition coefficient (Wildman–Crippen LogP) is 1.02. The van der Waals surface area contributed by atoms with Crippen LogP contribution in [-0.4, -0.2) is 96.4 Å². The molecule has 10 heteroatoms. The molecule has 1 aromatic rings. The van der Waals surface area contributed by atoms with Crippen molar-refractivity contribution in [3.63, 3.8) is 0 Å². The highest BCUT2D eigenvalue weighted by atomic mass is 16.5. The molecular weight excluding hydrogens is 426 g/mol. The number of carbonyl (C=O) groups is 3. The quantitative estimate of drug-likeness (QED) is 0.683. The number of amides is 4. The van der Waals surface area contributed by atoms with Crippen molar-refractivity contribution < 1.29 is 23.9 Å². The molecule has 1 N–H and O–H groups in total. The maximum Gasteiger partial charge on any atom is 0.334 e. The second kappa shape index (κ2) is 9.96. The highest BCUT2D eigenvalue weighted by Crippen LogP contribution is 2.28. The molecule has 1 aromatic carbocycles. The number of fused-ring (bicyclic) bond motifs is 1. The molecule has 3 saturated heterocycles. The van der Waals surface area contributed by atoms with Crippen molar-refractivity contribution in [1.82, 2.24) is 25.1 Å². The third-order valence-electron chi connectivity index (χ3n) is 6.59. The Bertz CT molecular complexity index is 872. The van der Waals surface area contributed by atoms with E-state index in [1.54, 1.807) is 34.0 Å². The van der Waals surface area contributed by atoms with E-state index >= 15 is 0 Å². The number of hydrogen-bond donors (Lipinski definition) is 1. The van der Waals surface area contributed by atoms with Gasteiger partial charge in [-0.15, -0.1) is 0 Å². The molecule has 3 atom stereocenters. The van der Waals surface area contributed by atoms with Crippen molar-refractivity contribution in [2.24, 2.45) is 0 Å². The van der Waals surface area contributed by atoms with Gasteiger partial charge in [0.25, 0.3) is 0 Å². The standard InChI is InChI=1S/C23H33N5O5/c1-4-19-22(30)26(13-18-6-5-11-33-18)14-20-27(19)21(29)15-25(2)28(20)23(31)24-12-16-7-9-17(32-3)10-8-16/h7-10,18-20H,4-6,11-15H2,1-3H3,(H,24,31)/t18?,19-,20-/m0/s1. The zero-order valence-electron chi connectivity index (χ0n) is 19.5. The fourth-order valence-corrected chi connectivity index (χ4v) is 4.89. The summed E-state index contributed by atoms with van der Waals surface area (Å²) in [5, 5.41) is 6.17. The number of nitrogens with one attached hydrogen (secondary N) is 1. The minimum Gasteiger partial charge on any atom is -0.497 e. The van der Waals surface area contributed by atoms with Crippen molar-refractivity contribution in [2.45, 2.75) is 51.0 Å². The molecule has 0 aliphatic carbocycles. The van der Waals surface area contributed by atoms with Crippen LogP contribution in [0.1, 0.15) is 31.7 Å². The van der Waals surface area contributed by atoms with Gasteiger partial charge in [0.05, 0.1) is 26.3 Å². The van der Waals surface area contributed by atoms with E-state index in [4.69, 9.17) is 9.47 Å². The van der Waals surface area contributed by atoms with Crippen LogP contribution >= 0.6 is 0 Å². The summed E-state index contributed by atoms with van der Waals surface area (Å²) in [5.41, 5.74) is 0.932. The molecule has 4 amide bonds. The highest BCUT2D eigenvalue weighted by molar-refractivity contribution is 5.91. The lowest BCUT2D eigenvalue weighted by molar-refractivity contribution is -0.188. The lowest BCUT2D eigenvalue weighted by atomic mass is 10.0. The van der Waals surface area contributed by atoms with Gasteiger partial charge in [-0.1, -0.05) is 19.1 Å². The summed E-state index contributed by atoms with van der Waals surface area (Å²) in [6.07, 6.45) is 1.85. The number of likely N-dealkylation sites (N-methyl/N-ethyl adjacent to an activating group) is 1. The Hall–Kier alpha value is -2.85. The second-order valence-electron chi connectivity index (χ2n) is 8.75. The predicted molar refractivity (Wildman–Crippen MR) is 120 cm³/mol. The first kappa shape index (κ1) is 23.3. The van der Waals surface area contributed by atoms with Gasteiger partial charge in [-0.25, -0.2) is 14.8 Å². The molecule has 0 bridgehead atoms. The molecule has 10 nitrogen and oxygen atoms in total. The molecule has 0 spiro atoms. The minimum absolute atomic E-state index is 0.00683. The largest absolute Gasteiger partial charge is 0.497 e. The average molecular weight is 460 g/mol. The van der Waals surface area contributed by atoms with E-state index in [0.29, 0.717) is 26.1 Å². The molecule has 3 aliphatic rings. The normalized spacial score (nSPS) is 25.9. The third kappa shape index (κ3) is 4.77. The van der Waals surface area contributed by atoms with Crippen LogP contribution < -0.4 is 10.1 Å². The van der Waals surface area contributed by atoms with Gasteiger partial charge in [0, 0.05) is 26.7 Å². The number of ether oxygens (including phenoxy) is 2.